The third-order valence-electron chi connectivity index (χ3n) is 4.09. The molecule has 120 valence electrons. The van der Waals surface area contributed by atoms with E-state index in [2.05, 4.69) is 10.3 Å². The summed E-state index contributed by atoms with van der Waals surface area (Å²) in [7, 11) is 1.51. The summed E-state index contributed by atoms with van der Waals surface area (Å²) in [5.41, 5.74) is 1.83. The Kier molecular flexibility index (Phi) is 4.28. The molecule has 2 aromatic rings. The number of carbonyl (C=O) groups excluding carboxylic acids is 1. The van der Waals surface area contributed by atoms with E-state index >= 15 is 0 Å². The third kappa shape index (κ3) is 3.50. The normalized spacial score (nSPS) is 15.1. The predicted octanol–water partition coefficient (Wildman–Crippen LogP) is 3.42. The fraction of sp³-hybridized carbons (Fsp3) is 0.333. The van der Waals surface area contributed by atoms with E-state index in [9.17, 15) is 9.18 Å². The third-order valence-corrected chi connectivity index (χ3v) is 4.09. The van der Waals surface area contributed by atoms with Gasteiger partial charge in [0, 0.05) is 6.07 Å². The molecule has 1 N–H and O–H groups in total. The van der Waals surface area contributed by atoms with Crippen LogP contribution in [-0.2, 0) is 0 Å². The first-order valence-electron chi connectivity index (χ1n) is 7.66. The standard InChI is InChI=1S/C18H19FN2O2/c1-11-10-13(8-9-14(11)19)17(12-6-7-12)21-18(22)15-4-3-5-16(20-15)23-2/h3-5,8-10,12,17H,6-7H2,1-2H3,(H,21,22). The van der Waals surface area contributed by atoms with Crippen LogP contribution in [0, 0.1) is 18.7 Å². The number of pyridine rings is 1. The van der Waals surface area contributed by atoms with Crippen molar-refractivity contribution >= 4 is 5.91 Å². The Bertz CT molecular complexity index is 729. The number of ether oxygens (including phenoxy) is 1. The first kappa shape index (κ1) is 15.5. The number of hydrogen-bond acceptors (Lipinski definition) is 3. The summed E-state index contributed by atoms with van der Waals surface area (Å²) in [6, 6.07) is 9.96. The molecule has 0 bridgehead atoms. The fourth-order valence-electron chi connectivity index (χ4n) is 2.63. The molecule has 0 spiro atoms. The smallest absolute Gasteiger partial charge is 0.270 e. The molecule has 1 amide bonds. The van der Waals surface area contributed by atoms with Crippen molar-refractivity contribution in [1.82, 2.24) is 10.3 Å². The molecule has 0 saturated heterocycles. The molecule has 0 aliphatic heterocycles. The summed E-state index contributed by atoms with van der Waals surface area (Å²) in [5, 5.41) is 3.03. The number of aromatic nitrogens is 1. The molecule has 1 fully saturated rings. The lowest BCUT2D eigenvalue weighted by Crippen LogP contribution is -2.30. The minimum absolute atomic E-state index is 0.116. The SMILES string of the molecule is COc1cccc(C(=O)NC(c2ccc(F)c(C)c2)C2CC2)n1. The van der Waals surface area contributed by atoms with Crippen molar-refractivity contribution in [2.24, 2.45) is 5.92 Å². The van der Waals surface area contributed by atoms with Gasteiger partial charge in [0.05, 0.1) is 13.2 Å². The minimum Gasteiger partial charge on any atom is -0.481 e. The van der Waals surface area contributed by atoms with Crippen molar-refractivity contribution in [3.63, 3.8) is 0 Å². The average Bonchev–Trinajstić information content (AvgIpc) is 3.40. The number of methoxy groups -OCH3 is 1. The van der Waals surface area contributed by atoms with E-state index in [1.165, 1.54) is 13.2 Å². The van der Waals surface area contributed by atoms with Crippen LogP contribution < -0.4 is 10.1 Å². The van der Waals surface area contributed by atoms with E-state index < -0.39 is 0 Å². The minimum atomic E-state index is -0.247. The highest BCUT2D eigenvalue weighted by Crippen LogP contribution is 2.41. The van der Waals surface area contributed by atoms with Gasteiger partial charge in [-0.3, -0.25) is 4.79 Å². The van der Waals surface area contributed by atoms with E-state index in [1.807, 2.05) is 0 Å². The lowest BCUT2D eigenvalue weighted by molar-refractivity contribution is 0.0925. The van der Waals surface area contributed by atoms with Crippen LogP contribution in [0.3, 0.4) is 0 Å². The Morgan fingerprint density at radius 2 is 2.13 bits per heavy atom. The maximum absolute atomic E-state index is 13.5. The number of amides is 1. The Labute approximate surface area is 134 Å². The summed E-state index contributed by atoms with van der Waals surface area (Å²) in [6.45, 7) is 1.73. The quantitative estimate of drug-likeness (QED) is 0.920. The maximum Gasteiger partial charge on any atom is 0.270 e. The highest BCUT2D eigenvalue weighted by Gasteiger charge is 2.34. The highest BCUT2D eigenvalue weighted by atomic mass is 19.1. The highest BCUT2D eigenvalue weighted by molar-refractivity contribution is 5.92. The van der Waals surface area contributed by atoms with Crippen LogP contribution in [0.4, 0.5) is 4.39 Å². The van der Waals surface area contributed by atoms with Gasteiger partial charge >= 0.3 is 0 Å². The Morgan fingerprint density at radius 3 is 2.78 bits per heavy atom. The van der Waals surface area contributed by atoms with Crippen molar-refractivity contribution in [3.05, 3.63) is 59.0 Å². The van der Waals surface area contributed by atoms with Crippen molar-refractivity contribution < 1.29 is 13.9 Å². The largest absolute Gasteiger partial charge is 0.481 e. The van der Waals surface area contributed by atoms with Crippen molar-refractivity contribution in [2.45, 2.75) is 25.8 Å². The number of halogens is 1. The monoisotopic (exact) mass is 314 g/mol. The number of nitrogens with one attached hydrogen (secondary N) is 1. The zero-order valence-corrected chi connectivity index (χ0v) is 13.2. The predicted molar refractivity (Wildman–Crippen MR) is 84.9 cm³/mol. The molecule has 1 saturated carbocycles. The first-order chi connectivity index (χ1) is 11.1. The van der Waals surface area contributed by atoms with Crippen LogP contribution in [0.5, 0.6) is 5.88 Å². The maximum atomic E-state index is 13.5. The molecule has 1 unspecified atom stereocenters. The Balaban J connectivity index is 1.82. The summed E-state index contributed by atoms with van der Waals surface area (Å²) in [5.74, 6) is 0.319. The van der Waals surface area contributed by atoms with E-state index in [1.54, 1.807) is 37.3 Å². The zero-order valence-electron chi connectivity index (χ0n) is 13.2. The lowest BCUT2D eigenvalue weighted by Gasteiger charge is -2.19. The van der Waals surface area contributed by atoms with Gasteiger partial charge < -0.3 is 10.1 Å². The first-order valence-corrected chi connectivity index (χ1v) is 7.66. The number of nitrogens with zero attached hydrogens (tertiary/aromatic N) is 1. The molecule has 0 radical (unpaired) electrons. The zero-order chi connectivity index (χ0) is 16.4. The number of hydrogen-bond donors (Lipinski definition) is 1. The molecule has 1 aliphatic rings. The van der Waals surface area contributed by atoms with Crippen LogP contribution in [0.2, 0.25) is 0 Å². The van der Waals surface area contributed by atoms with Gasteiger partial charge in [-0.2, -0.15) is 0 Å². The van der Waals surface area contributed by atoms with Gasteiger partial charge in [-0.1, -0.05) is 18.2 Å². The van der Waals surface area contributed by atoms with Crippen molar-refractivity contribution in [1.29, 1.82) is 0 Å². The molecule has 1 atom stereocenters. The van der Waals surface area contributed by atoms with E-state index in [0.717, 1.165) is 18.4 Å². The van der Waals surface area contributed by atoms with Gasteiger partial charge in [-0.05, 0) is 48.9 Å². The van der Waals surface area contributed by atoms with Crippen LogP contribution in [0.1, 0.15) is 40.5 Å². The second-order valence-corrected chi connectivity index (χ2v) is 5.86. The van der Waals surface area contributed by atoms with Crippen molar-refractivity contribution in [2.75, 3.05) is 7.11 Å². The molecule has 1 aromatic heterocycles. The topological polar surface area (TPSA) is 51.2 Å². The second-order valence-electron chi connectivity index (χ2n) is 5.86. The van der Waals surface area contributed by atoms with Crippen molar-refractivity contribution in [3.8, 4) is 5.88 Å². The van der Waals surface area contributed by atoms with Gasteiger partial charge in [-0.25, -0.2) is 9.37 Å². The lowest BCUT2D eigenvalue weighted by atomic mass is 10.00. The molecule has 1 aromatic carbocycles. The fourth-order valence-corrected chi connectivity index (χ4v) is 2.63. The molecule has 1 heterocycles. The van der Waals surface area contributed by atoms with Gasteiger partial charge in [0.2, 0.25) is 5.88 Å². The van der Waals surface area contributed by atoms with Gasteiger partial charge in [0.25, 0.3) is 5.91 Å². The second kappa shape index (κ2) is 6.36. The summed E-state index contributed by atoms with van der Waals surface area (Å²) >= 11 is 0. The number of carbonyl (C=O) groups is 1. The number of rotatable bonds is 5. The van der Waals surface area contributed by atoms with Gasteiger partial charge in [0.15, 0.2) is 0 Å². The van der Waals surface area contributed by atoms with Crippen LogP contribution >= 0.6 is 0 Å². The van der Waals surface area contributed by atoms with E-state index in [-0.39, 0.29) is 17.8 Å². The molecule has 5 heteroatoms. The number of benzene rings is 1. The molecular formula is C18H19FN2O2. The van der Waals surface area contributed by atoms with Gasteiger partial charge in [-0.15, -0.1) is 0 Å². The summed E-state index contributed by atoms with van der Waals surface area (Å²) in [4.78, 5) is 16.6. The summed E-state index contributed by atoms with van der Waals surface area (Å²) < 4.78 is 18.5. The summed E-state index contributed by atoms with van der Waals surface area (Å²) in [6.07, 6.45) is 2.12. The van der Waals surface area contributed by atoms with E-state index in [0.29, 0.717) is 23.1 Å². The molecular weight excluding hydrogens is 295 g/mol. The van der Waals surface area contributed by atoms with E-state index in [4.69, 9.17) is 4.74 Å². The van der Waals surface area contributed by atoms with Gasteiger partial charge in [0.1, 0.15) is 11.5 Å². The van der Waals surface area contributed by atoms with Crippen LogP contribution in [0.25, 0.3) is 0 Å². The molecule has 23 heavy (non-hydrogen) atoms. The molecule has 4 nitrogen and oxygen atoms in total. The van der Waals surface area contributed by atoms with Crippen LogP contribution in [0.15, 0.2) is 36.4 Å². The Morgan fingerprint density at radius 1 is 1.35 bits per heavy atom. The Hall–Kier alpha value is -2.43. The molecule has 1 aliphatic carbocycles. The van der Waals surface area contributed by atoms with Crippen LogP contribution in [-0.4, -0.2) is 18.0 Å². The molecule has 3 rings (SSSR count). The number of aryl methyl sites for hydroxylation is 1. The average molecular weight is 314 g/mol.